The average molecular weight is 328 g/mol. The number of anilines is 1. The van der Waals surface area contributed by atoms with Crippen LogP contribution in [0.1, 0.15) is 44.4 Å². The van der Waals surface area contributed by atoms with Crippen molar-refractivity contribution in [2.45, 2.75) is 39.2 Å². The van der Waals surface area contributed by atoms with E-state index in [9.17, 15) is 4.79 Å². The second-order valence-electron chi connectivity index (χ2n) is 6.27. The molecular weight excluding hydrogens is 304 g/mol. The molecule has 0 radical (unpaired) electrons. The number of amides is 1. The fourth-order valence-corrected chi connectivity index (χ4v) is 3.07. The zero-order chi connectivity index (χ0) is 16.9. The Bertz CT molecular complexity index is 671. The highest BCUT2D eigenvalue weighted by Crippen LogP contribution is 2.26. The monoisotopic (exact) mass is 328 g/mol. The number of hydrogen-bond donors (Lipinski definition) is 1. The summed E-state index contributed by atoms with van der Waals surface area (Å²) in [6, 6.07) is 9.63. The van der Waals surface area contributed by atoms with Crippen molar-refractivity contribution in [3.05, 3.63) is 42.0 Å². The molecule has 1 aromatic carbocycles. The van der Waals surface area contributed by atoms with Crippen LogP contribution in [0.5, 0.6) is 0 Å². The van der Waals surface area contributed by atoms with E-state index in [1.807, 2.05) is 37.3 Å². The van der Waals surface area contributed by atoms with Gasteiger partial charge in [-0.1, -0.05) is 30.3 Å². The van der Waals surface area contributed by atoms with Gasteiger partial charge in [-0.05, 0) is 38.4 Å². The molecule has 6 heteroatoms. The summed E-state index contributed by atoms with van der Waals surface area (Å²) in [6.07, 6.45) is 2.66. The first-order valence-corrected chi connectivity index (χ1v) is 8.59. The molecule has 2 aromatic rings. The van der Waals surface area contributed by atoms with E-state index in [1.54, 1.807) is 0 Å². The molecule has 0 unspecified atom stereocenters. The summed E-state index contributed by atoms with van der Waals surface area (Å²) in [5.74, 6) is 1.43. The topological polar surface area (TPSA) is 71.3 Å². The van der Waals surface area contributed by atoms with Gasteiger partial charge in [0.25, 0.3) is 0 Å². The first kappa shape index (κ1) is 16.6. The summed E-state index contributed by atoms with van der Waals surface area (Å²) in [5, 5.41) is 6.98. The molecule has 0 spiro atoms. The second kappa shape index (κ2) is 7.57. The van der Waals surface area contributed by atoms with Crippen LogP contribution in [0.3, 0.4) is 0 Å². The van der Waals surface area contributed by atoms with Crippen LogP contribution in [-0.4, -0.2) is 34.0 Å². The van der Waals surface area contributed by atoms with E-state index in [4.69, 9.17) is 4.52 Å². The molecule has 3 rings (SSSR count). The van der Waals surface area contributed by atoms with E-state index >= 15 is 0 Å². The first-order chi connectivity index (χ1) is 11.7. The third kappa shape index (κ3) is 3.82. The third-order valence-corrected chi connectivity index (χ3v) is 4.57. The molecule has 1 aliphatic rings. The standard InChI is InChI=1S/C18H24N4O2/c1-3-16-20-18(24-21-16)13(2)22-11-7-8-14(12-22)17(23)19-15-9-5-4-6-10-15/h4-6,9-10,13-14H,3,7-8,11-12H2,1-2H3,(H,19,23)/t13-,14+/m1/s1. The smallest absolute Gasteiger partial charge is 0.243 e. The highest BCUT2D eigenvalue weighted by atomic mass is 16.5. The lowest BCUT2D eigenvalue weighted by molar-refractivity contribution is -0.121. The summed E-state index contributed by atoms with van der Waals surface area (Å²) in [7, 11) is 0. The molecule has 1 aromatic heterocycles. The lowest BCUT2D eigenvalue weighted by Gasteiger charge is -2.34. The minimum atomic E-state index is -0.0185. The molecule has 128 valence electrons. The number of likely N-dealkylation sites (tertiary alicyclic amines) is 1. The van der Waals surface area contributed by atoms with Gasteiger partial charge < -0.3 is 9.84 Å². The van der Waals surface area contributed by atoms with E-state index < -0.39 is 0 Å². The van der Waals surface area contributed by atoms with Crippen molar-refractivity contribution in [3.63, 3.8) is 0 Å². The van der Waals surface area contributed by atoms with Gasteiger partial charge in [0.2, 0.25) is 11.8 Å². The quantitative estimate of drug-likeness (QED) is 0.913. The molecular formula is C18H24N4O2. The van der Waals surface area contributed by atoms with Gasteiger partial charge in [0.1, 0.15) is 0 Å². The van der Waals surface area contributed by atoms with Crippen molar-refractivity contribution in [1.29, 1.82) is 0 Å². The molecule has 1 amide bonds. The lowest BCUT2D eigenvalue weighted by atomic mass is 9.96. The third-order valence-electron chi connectivity index (χ3n) is 4.57. The zero-order valence-electron chi connectivity index (χ0n) is 14.2. The normalized spacial score (nSPS) is 19.8. The lowest BCUT2D eigenvalue weighted by Crippen LogP contribution is -2.41. The molecule has 1 aliphatic heterocycles. The molecule has 24 heavy (non-hydrogen) atoms. The molecule has 2 heterocycles. The minimum absolute atomic E-state index is 0.0185. The number of rotatable bonds is 5. The van der Waals surface area contributed by atoms with Crippen LogP contribution < -0.4 is 5.32 Å². The molecule has 2 atom stereocenters. The Morgan fingerprint density at radius 2 is 2.21 bits per heavy atom. The van der Waals surface area contributed by atoms with Crippen LogP contribution in [0.25, 0.3) is 0 Å². The Balaban J connectivity index is 1.62. The van der Waals surface area contributed by atoms with Crippen molar-refractivity contribution in [2.24, 2.45) is 5.92 Å². The Hall–Kier alpha value is -2.21. The molecule has 0 aliphatic carbocycles. The van der Waals surface area contributed by atoms with Crippen LogP contribution >= 0.6 is 0 Å². The van der Waals surface area contributed by atoms with Gasteiger partial charge in [0.15, 0.2) is 5.82 Å². The van der Waals surface area contributed by atoms with E-state index in [0.29, 0.717) is 12.4 Å². The number of nitrogens with zero attached hydrogens (tertiary/aromatic N) is 3. The van der Waals surface area contributed by atoms with Crippen molar-refractivity contribution < 1.29 is 9.32 Å². The summed E-state index contributed by atoms with van der Waals surface area (Å²) in [4.78, 5) is 19.2. The number of carbonyl (C=O) groups is 1. The number of para-hydroxylation sites is 1. The largest absolute Gasteiger partial charge is 0.338 e. The van der Waals surface area contributed by atoms with E-state index in [1.165, 1.54) is 0 Å². The van der Waals surface area contributed by atoms with Gasteiger partial charge >= 0.3 is 0 Å². The van der Waals surface area contributed by atoms with Gasteiger partial charge in [-0.15, -0.1) is 0 Å². The Labute approximate surface area is 142 Å². The maximum absolute atomic E-state index is 12.5. The van der Waals surface area contributed by atoms with Gasteiger partial charge in [0.05, 0.1) is 12.0 Å². The maximum Gasteiger partial charge on any atom is 0.243 e. The minimum Gasteiger partial charge on any atom is -0.338 e. The number of nitrogens with one attached hydrogen (secondary N) is 1. The Morgan fingerprint density at radius 3 is 2.92 bits per heavy atom. The highest BCUT2D eigenvalue weighted by molar-refractivity contribution is 5.92. The fourth-order valence-electron chi connectivity index (χ4n) is 3.07. The SMILES string of the molecule is CCc1noc([C@@H](C)N2CCC[C@H](C(=O)Nc3ccccc3)C2)n1. The summed E-state index contributed by atoms with van der Waals surface area (Å²) in [5.41, 5.74) is 0.845. The van der Waals surface area contributed by atoms with Crippen molar-refractivity contribution >= 4 is 11.6 Å². The molecule has 1 N–H and O–H groups in total. The van der Waals surface area contributed by atoms with Crippen molar-refractivity contribution in [2.75, 3.05) is 18.4 Å². The number of piperidine rings is 1. The van der Waals surface area contributed by atoms with E-state index in [2.05, 4.69) is 27.3 Å². The second-order valence-corrected chi connectivity index (χ2v) is 6.27. The predicted octanol–water partition coefficient (Wildman–Crippen LogP) is 3.04. The number of carbonyl (C=O) groups excluding carboxylic acids is 1. The van der Waals surface area contributed by atoms with Crippen LogP contribution in [0, 0.1) is 5.92 Å². The van der Waals surface area contributed by atoms with E-state index in [0.717, 1.165) is 37.3 Å². The predicted molar refractivity (Wildman–Crippen MR) is 91.5 cm³/mol. The van der Waals surface area contributed by atoms with Crippen molar-refractivity contribution in [1.82, 2.24) is 15.0 Å². The number of hydrogen-bond acceptors (Lipinski definition) is 5. The van der Waals surface area contributed by atoms with Crippen LogP contribution in [0.4, 0.5) is 5.69 Å². The zero-order valence-corrected chi connectivity index (χ0v) is 14.2. The van der Waals surface area contributed by atoms with Gasteiger partial charge in [-0.2, -0.15) is 4.98 Å². The fraction of sp³-hybridized carbons (Fsp3) is 0.500. The number of aryl methyl sites for hydroxylation is 1. The highest BCUT2D eigenvalue weighted by Gasteiger charge is 2.30. The molecule has 1 fully saturated rings. The summed E-state index contributed by atoms with van der Waals surface area (Å²) in [6.45, 7) is 5.72. The van der Waals surface area contributed by atoms with Crippen LogP contribution in [-0.2, 0) is 11.2 Å². The number of aromatic nitrogens is 2. The Morgan fingerprint density at radius 1 is 1.42 bits per heavy atom. The first-order valence-electron chi connectivity index (χ1n) is 8.59. The van der Waals surface area contributed by atoms with Crippen LogP contribution in [0.2, 0.25) is 0 Å². The summed E-state index contributed by atoms with van der Waals surface area (Å²) >= 11 is 0. The Kier molecular flexibility index (Phi) is 5.25. The molecule has 0 saturated carbocycles. The van der Waals surface area contributed by atoms with Gasteiger partial charge in [-0.3, -0.25) is 9.69 Å². The van der Waals surface area contributed by atoms with Gasteiger partial charge in [-0.25, -0.2) is 0 Å². The summed E-state index contributed by atoms with van der Waals surface area (Å²) < 4.78 is 5.36. The number of benzene rings is 1. The average Bonchev–Trinajstić information content (AvgIpc) is 3.11. The van der Waals surface area contributed by atoms with Crippen LogP contribution in [0.15, 0.2) is 34.9 Å². The van der Waals surface area contributed by atoms with Crippen molar-refractivity contribution in [3.8, 4) is 0 Å². The maximum atomic E-state index is 12.5. The van der Waals surface area contributed by atoms with E-state index in [-0.39, 0.29) is 17.9 Å². The molecule has 6 nitrogen and oxygen atoms in total. The molecule has 1 saturated heterocycles. The molecule has 0 bridgehead atoms. The van der Waals surface area contributed by atoms with Gasteiger partial charge in [0, 0.05) is 18.7 Å².